The number of anilines is 1. The minimum atomic E-state index is -4.42. The van der Waals surface area contributed by atoms with Crippen LogP contribution in [0.3, 0.4) is 0 Å². The molecule has 11 heteroatoms. The normalized spacial score (nSPS) is 11.9. The van der Waals surface area contributed by atoms with E-state index < -0.39 is 27.7 Å². The molecule has 45 heavy (non-hydrogen) atoms. The molecule has 0 radical (unpaired) electrons. The van der Waals surface area contributed by atoms with Crippen LogP contribution in [0.5, 0.6) is 0 Å². The van der Waals surface area contributed by atoms with Crippen molar-refractivity contribution in [1.29, 1.82) is 0 Å². The number of para-hydroxylation sites is 1. The van der Waals surface area contributed by atoms with Crippen LogP contribution in [0.15, 0.2) is 101 Å². The summed E-state index contributed by atoms with van der Waals surface area (Å²) >= 11 is 6.64. The molecule has 0 aliphatic heterocycles. The predicted octanol–water partition coefficient (Wildman–Crippen LogP) is 3.56. The molecule has 0 aliphatic rings. The van der Waals surface area contributed by atoms with Gasteiger partial charge in [-0.15, -0.1) is 0 Å². The summed E-state index contributed by atoms with van der Waals surface area (Å²) in [5.41, 5.74) is 5.13. The molecule has 0 aliphatic carbocycles. The van der Waals surface area contributed by atoms with Gasteiger partial charge in [0.2, 0.25) is 5.91 Å². The Bertz CT molecular complexity index is 1870. The maximum absolute atomic E-state index is 13.7. The smallest absolute Gasteiger partial charge is 0.748 e. The summed E-state index contributed by atoms with van der Waals surface area (Å²) in [6.07, 6.45) is 1.22. The topological polar surface area (TPSA) is 129 Å². The van der Waals surface area contributed by atoms with Crippen LogP contribution in [-0.4, -0.2) is 37.1 Å². The molecule has 5 aromatic rings. The number of carbonyl (C=O) groups excluding carboxylic acids is 2. The molecular formula is C34H30ClN2NaO6S. The first kappa shape index (κ1) is 34.4. The number of hydrogen-bond acceptors (Lipinski definition) is 6. The van der Waals surface area contributed by atoms with E-state index in [4.69, 9.17) is 16.0 Å². The molecule has 2 N–H and O–H groups in total. The van der Waals surface area contributed by atoms with E-state index in [1.165, 1.54) is 0 Å². The van der Waals surface area contributed by atoms with Crippen molar-refractivity contribution in [3.05, 3.63) is 124 Å². The second-order valence-electron chi connectivity index (χ2n) is 10.4. The van der Waals surface area contributed by atoms with Crippen LogP contribution in [0.1, 0.15) is 39.9 Å². The van der Waals surface area contributed by atoms with Gasteiger partial charge in [-0.25, -0.2) is 8.42 Å². The van der Waals surface area contributed by atoms with Crippen molar-refractivity contribution in [2.45, 2.75) is 25.7 Å². The molecular weight excluding hydrogens is 623 g/mol. The molecule has 0 bridgehead atoms. The third-order valence-corrected chi connectivity index (χ3v) is 8.35. The molecule has 0 saturated carbocycles. The third kappa shape index (κ3) is 9.07. The molecule has 8 nitrogen and oxygen atoms in total. The number of aryl methyl sites for hydroxylation is 1. The number of halogens is 1. The summed E-state index contributed by atoms with van der Waals surface area (Å²) in [5.74, 6) is -1.31. The van der Waals surface area contributed by atoms with Gasteiger partial charge in [0, 0.05) is 23.1 Å². The van der Waals surface area contributed by atoms with E-state index in [2.05, 4.69) is 17.6 Å². The fourth-order valence-corrected chi connectivity index (χ4v) is 5.46. The Balaban J connectivity index is 0.00000461. The van der Waals surface area contributed by atoms with Crippen LogP contribution in [0.2, 0.25) is 5.02 Å². The predicted molar refractivity (Wildman–Crippen MR) is 171 cm³/mol. The zero-order chi connectivity index (χ0) is 31.3. The van der Waals surface area contributed by atoms with Crippen LogP contribution >= 0.6 is 11.6 Å². The first-order valence-electron chi connectivity index (χ1n) is 14.1. The van der Waals surface area contributed by atoms with E-state index >= 15 is 0 Å². The molecule has 0 spiro atoms. The second-order valence-corrected chi connectivity index (χ2v) is 12.3. The van der Waals surface area contributed by atoms with Crippen molar-refractivity contribution in [1.82, 2.24) is 5.32 Å². The Labute approximate surface area is 289 Å². The average molecular weight is 653 g/mol. The van der Waals surface area contributed by atoms with Crippen molar-refractivity contribution in [3.63, 3.8) is 0 Å². The number of rotatable bonds is 11. The summed E-state index contributed by atoms with van der Waals surface area (Å²) in [6.45, 7) is 1.79. The van der Waals surface area contributed by atoms with Crippen LogP contribution in [-0.2, 0) is 27.8 Å². The molecule has 226 valence electrons. The van der Waals surface area contributed by atoms with Gasteiger partial charge in [0.1, 0.15) is 11.3 Å². The number of amides is 2. The molecule has 1 atom stereocenters. The minimum absolute atomic E-state index is 0. The van der Waals surface area contributed by atoms with Gasteiger partial charge >= 0.3 is 29.6 Å². The van der Waals surface area contributed by atoms with Crippen molar-refractivity contribution in [3.8, 4) is 11.3 Å². The number of hydrogen-bond donors (Lipinski definition) is 2. The molecule has 4 aromatic carbocycles. The Morgan fingerprint density at radius 2 is 1.60 bits per heavy atom. The zero-order valence-electron chi connectivity index (χ0n) is 24.9. The van der Waals surface area contributed by atoms with Gasteiger partial charge in [0.05, 0.1) is 32.5 Å². The Hall–Kier alpha value is -3.44. The Morgan fingerprint density at radius 3 is 2.24 bits per heavy atom. The van der Waals surface area contributed by atoms with E-state index in [1.54, 1.807) is 36.4 Å². The Kier molecular flexibility index (Phi) is 11.7. The van der Waals surface area contributed by atoms with Gasteiger partial charge in [-0.1, -0.05) is 73.1 Å². The molecule has 0 saturated heterocycles. The van der Waals surface area contributed by atoms with E-state index in [0.717, 1.165) is 39.6 Å². The fourth-order valence-electron chi connectivity index (χ4n) is 4.88. The number of carbonyl (C=O) groups is 2. The summed E-state index contributed by atoms with van der Waals surface area (Å²) < 4.78 is 38.3. The summed E-state index contributed by atoms with van der Waals surface area (Å²) in [6, 6.07) is 29.6. The molecule has 1 heterocycles. The van der Waals surface area contributed by atoms with E-state index in [0.29, 0.717) is 28.5 Å². The monoisotopic (exact) mass is 652 g/mol. The first-order valence-corrected chi connectivity index (χ1v) is 16.0. The number of furan rings is 1. The number of fused-ring (bicyclic) bond motifs is 1. The van der Waals surface area contributed by atoms with Gasteiger partial charge in [-0.05, 0) is 72.0 Å². The van der Waals surface area contributed by atoms with Crippen molar-refractivity contribution < 1.29 is 56.5 Å². The van der Waals surface area contributed by atoms with Crippen LogP contribution in [0.25, 0.3) is 22.3 Å². The molecule has 2 amide bonds. The largest absolute Gasteiger partial charge is 1.00 e. The van der Waals surface area contributed by atoms with Gasteiger partial charge in [0.15, 0.2) is 0 Å². The summed E-state index contributed by atoms with van der Waals surface area (Å²) in [5, 5.41) is 6.77. The summed E-state index contributed by atoms with van der Waals surface area (Å²) in [7, 11) is -4.42. The minimum Gasteiger partial charge on any atom is -0.748 e. The zero-order valence-corrected chi connectivity index (χ0v) is 28.5. The van der Waals surface area contributed by atoms with E-state index in [1.807, 2.05) is 60.7 Å². The first-order chi connectivity index (χ1) is 21.1. The third-order valence-electron chi connectivity index (χ3n) is 7.34. The van der Waals surface area contributed by atoms with Crippen LogP contribution < -0.4 is 40.2 Å². The van der Waals surface area contributed by atoms with E-state index in [9.17, 15) is 22.6 Å². The van der Waals surface area contributed by atoms with Crippen molar-refractivity contribution in [2.75, 3.05) is 17.6 Å². The number of benzene rings is 4. The maximum atomic E-state index is 13.7. The SMILES string of the molecule is CCc1ccc(C(Cc2ccc(C(=O)NCCS(=O)(=O)[O-])cc2)C(=O)Nc2ccc(-c3cc4ccccc4o3)cc2Cl)cc1.[Na+]. The summed E-state index contributed by atoms with van der Waals surface area (Å²) in [4.78, 5) is 26.1. The average Bonchev–Trinajstić information content (AvgIpc) is 3.45. The number of nitrogens with one attached hydrogen (secondary N) is 2. The second kappa shape index (κ2) is 15.2. The maximum Gasteiger partial charge on any atom is 1.00 e. The van der Waals surface area contributed by atoms with Gasteiger partial charge in [-0.3, -0.25) is 9.59 Å². The van der Waals surface area contributed by atoms with Gasteiger partial charge < -0.3 is 19.6 Å². The van der Waals surface area contributed by atoms with Gasteiger partial charge in [-0.2, -0.15) is 0 Å². The molecule has 0 fully saturated rings. The molecule has 1 aromatic heterocycles. The standard InChI is InChI=1S/C34H31ClN2O6S.Na/c1-2-22-7-11-24(12-8-22)28(19-23-9-13-25(14-10-23)33(38)36-17-18-44(40,41)42)34(39)37-30-16-15-27(20-29(30)35)32-21-26-5-3-4-6-31(26)43-32;/h3-16,20-21,28H,2,17-19H2,1H3,(H,36,38)(H,37,39)(H,40,41,42);/q;+1/p-1. The Morgan fingerprint density at radius 1 is 0.911 bits per heavy atom. The van der Waals surface area contributed by atoms with Gasteiger partial charge in [0.25, 0.3) is 5.91 Å². The fraction of sp³-hybridized carbons (Fsp3) is 0.176. The van der Waals surface area contributed by atoms with Crippen LogP contribution in [0.4, 0.5) is 5.69 Å². The quantitative estimate of drug-likeness (QED) is 0.166. The molecule has 5 rings (SSSR count). The van der Waals surface area contributed by atoms with Crippen molar-refractivity contribution >= 4 is 50.2 Å². The van der Waals surface area contributed by atoms with Crippen molar-refractivity contribution in [2.24, 2.45) is 0 Å². The van der Waals surface area contributed by atoms with E-state index in [-0.39, 0.29) is 42.0 Å². The van der Waals surface area contributed by atoms with Crippen LogP contribution in [0, 0.1) is 0 Å². The molecule has 1 unspecified atom stereocenters.